The predicted octanol–water partition coefficient (Wildman–Crippen LogP) is 5.24. The van der Waals surface area contributed by atoms with Gasteiger partial charge in [-0.05, 0) is 45.8 Å². The Morgan fingerprint density at radius 3 is 2.89 bits per heavy atom. The van der Waals surface area contributed by atoms with Crippen molar-refractivity contribution in [2.45, 2.75) is 6.54 Å². The molecule has 0 fully saturated rings. The molecule has 1 amide bonds. The molecule has 10 heteroatoms. The van der Waals surface area contributed by atoms with Crippen LogP contribution >= 0.6 is 39.1 Å². The fraction of sp³-hybridized carbons (Fsp3) is 0.0556. The van der Waals surface area contributed by atoms with Gasteiger partial charge in [-0.1, -0.05) is 29.3 Å². The van der Waals surface area contributed by atoms with Gasteiger partial charge in [-0.3, -0.25) is 14.6 Å². The van der Waals surface area contributed by atoms with Crippen molar-refractivity contribution in [2.24, 2.45) is 0 Å². The number of nitrogens with zero attached hydrogens (tertiary/aromatic N) is 3. The van der Waals surface area contributed by atoms with Gasteiger partial charge in [-0.2, -0.15) is 10.2 Å². The lowest BCUT2D eigenvalue weighted by molar-refractivity contribution is 0.102. The first kappa shape index (κ1) is 18.8. The van der Waals surface area contributed by atoms with Crippen molar-refractivity contribution in [2.75, 3.05) is 5.32 Å². The second-order valence-corrected chi connectivity index (χ2v) is 7.56. The molecule has 0 aliphatic rings. The Labute approximate surface area is 177 Å². The Bertz CT molecular complexity index is 1140. The monoisotopic (exact) mass is 479 g/mol. The summed E-state index contributed by atoms with van der Waals surface area (Å²) in [4.78, 5) is 12.5. The summed E-state index contributed by atoms with van der Waals surface area (Å²) in [6.07, 6.45) is 3.30. The van der Waals surface area contributed by atoms with Gasteiger partial charge < -0.3 is 9.73 Å². The number of carbonyl (C=O) groups excluding carboxylic acids is 1. The average molecular weight is 481 g/mol. The predicted molar refractivity (Wildman–Crippen MR) is 110 cm³/mol. The molecular formula is C18H12BrCl2N5O2. The van der Waals surface area contributed by atoms with E-state index in [2.05, 4.69) is 36.5 Å². The number of furan rings is 1. The normalized spacial score (nSPS) is 11.0. The number of hydrogen-bond donors (Lipinski definition) is 2. The fourth-order valence-electron chi connectivity index (χ4n) is 2.55. The summed E-state index contributed by atoms with van der Waals surface area (Å²) in [5.74, 6) is 0.569. The van der Waals surface area contributed by atoms with Crippen LogP contribution in [-0.2, 0) is 6.54 Å². The molecule has 3 aromatic heterocycles. The van der Waals surface area contributed by atoms with E-state index in [-0.39, 0.29) is 5.69 Å². The SMILES string of the molecule is O=C(Nc1nn(Cc2ccc(Cl)cc2Cl)cc1Br)c1cc(-c2ccco2)[nH]n1. The third-order valence-corrected chi connectivity index (χ3v) is 5.06. The van der Waals surface area contributed by atoms with Gasteiger partial charge in [-0.25, -0.2) is 0 Å². The molecule has 0 saturated carbocycles. The lowest BCUT2D eigenvalue weighted by Crippen LogP contribution is -2.13. The van der Waals surface area contributed by atoms with Gasteiger partial charge in [0.15, 0.2) is 17.3 Å². The van der Waals surface area contributed by atoms with E-state index in [1.54, 1.807) is 47.5 Å². The zero-order valence-corrected chi connectivity index (χ0v) is 17.2. The van der Waals surface area contributed by atoms with Crippen molar-refractivity contribution in [3.63, 3.8) is 0 Å². The third kappa shape index (κ3) is 3.99. The van der Waals surface area contributed by atoms with E-state index in [1.165, 1.54) is 0 Å². The topological polar surface area (TPSA) is 88.7 Å². The second-order valence-electron chi connectivity index (χ2n) is 5.86. The summed E-state index contributed by atoms with van der Waals surface area (Å²) in [5.41, 5.74) is 1.68. The van der Waals surface area contributed by atoms with Crippen LogP contribution in [0.3, 0.4) is 0 Å². The van der Waals surface area contributed by atoms with Gasteiger partial charge in [0.1, 0.15) is 5.69 Å². The zero-order chi connectivity index (χ0) is 19.7. The first-order valence-electron chi connectivity index (χ1n) is 8.07. The molecule has 0 unspecified atom stereocenters. The Balaban J connectivity index is 1.48. The minimum Gasteiger partial charge on any atom is -0.463 e. The second kappa shape index (κ2) is 7.83. The number of aromatic amines is 1. The standard InChI is InChI=1S/C18H12BrCl2N5O2/c19-12-9-26(8-10-3-4-11(20)6-13(10)21)25-17(12)22-18(27)15-7-14(23-24-15)16-2-1-5-28-16/h1-7,9H,8H2,(H,23,24)(H,22,25,27). The summed E-state index contributed by atoms with van der Waals surface area (Å²) in [6.45, 7) is 0.426. The van der Waals surface area contributed by atoms with Gasteiger partial charge in [0.25, 0.3) is 5.91 Å². The molecule has 7 nitrogen and oxygen atoms in total. The number of rotatable bonds is 5. The maximum atomic E-state index is 12.5. The molecule has 0 bridgehead atoms. The number of anilines is 1. The summed E-state index contributed by atoms with van der Waals surface area (Å²) >= 11 is 15.5. The molecule has 1 aromatic carbocycles. The first-order valence-corrected chi connectivity index (χ1v) is 9.62. The van der Waals surface area contributed by atoms with Crippen LogP contribution < -0.4 is 5.32 Å². The van der Waals surface area contributed by atoms with Crippen molar-refractivity contribution < 1.29 is 9.21 Å². The molecule has 0 atom stereocenters. The first-order chi connectivity index (χ1) is 13.5. The molecule has 0 saturated heterocycles. The van der Waals surface area contributed by atoms with Crippen molar-refractivity contribution in [3.05, 3.63) is 74.6 Å². The largest absolute Gasteiger partial charge is 0.463 e. The van der Waals surface area contributed by atoms with Gasteiger partial charge >= 0.3 is 0 Å². The molecule has 142 valence electrons. The third-order valence-electron chi connectivity index (χ3n) is 3.89. The molecule has 2 N–H and O–H groups in total. The molecular weight excluding hydrogens is 469 g/mol. The molecule has 4 aromatic rings. The van der Waals surface area contributed by atoms with Crippen LogP contribution in [0.4, 0.5) is 5.82 Å². The van der Waals surface area contributed by atoms with E-state index >= 15 is 0 Å². The highest BCUT2D eigenvalue weighted by Gasteiger charge is 2.16. The van der Waals surface area contributed by atoms with Crippen LogP contribution in [0.25, 0.3) is 11.5 Å². The van der Waals surface area contributed by atoms with E-state index in [0.717, 1.165) is 5.56 Å². The zero-order valence-electron chi connectivity index (χ0n) is 14.1. The van der Waals surface area contributed by atoms with Crippen LogP contribution in [0.1, 0.15) is 16.1 Å². The maximum absolute atomic E-state index is 12.5. The number of aromatic nitrogens is 4. The number of carbonyl (C=O) groups is 1. The Hall–Kier alpha value is -2.55. The van der Waals surface area contributed by atoms with Crippen LogP contribution in [0, 0.1) is 0 Å². The van der Waals surface area contributed by atoms with E-state index in [9.17, 15) is 4.79 Å². The summed E-state index contributed by atoms with van der Waals surface area (Å²) in [6, 6.07) is 10.4. The minimum atomic E-state index is -0.399. The quantitative estimate of drug-likeness (QED) is 0.409. The summed E-state index contributed by atoms with van der Waals surface area (Å²) in [7, 11) is 0. The van der Waals surface area contributed by atoms with Crippen LogP contribution in [0.5, 0.6) is 0 Å². The molecule has 0 radical (unpaired) electrons. The number of hydrogen-bond acceptors (Lipinski definition) is 4. The van der Waals surface area contributed by atoms with Crippen LogP contribution in [-0.4, -0.2) is 25.9 Å². The molecule has 0 spiro atoms. The molecule has 0 aliphatic carbocycles. The van der Waals surface area contributed by atoms with Crippen molar-refractivity contribution in [1.82, 2.24) is 20.0 Å². The average Bonchev–Trinajstić information content (AvgIpc) is 3.39. The van der Waals surface area contributed by atoms with E-state index in [0.29, 0.717) is 38.3 Å². The number of benzene rings is 1. The van der Waals surface area contributed by atoms with E-state index in [4.69, 9.17) is 27.6 Å². The molecule has 4 rings (SSSR count). The highest BCUT2D eigenvalue weighted by molar-refractivity contribution is 9.10. The highest BCUT2D eigenvalue weighted by atomic mass is 79.9. The van der Waals surface area contributed by atoms with Crippen LogP contribution in [0.15, 0.2) is 57.7 Å². The number of amides is 1. The maximum Gasteiger partial charge on any atom is 0.277 e. The Morgan fingerprint density at radius 2 is 2.14 bits per heavy atom. The number of H-pyrrole nitrogens is 1. The van der Waals surface area contributed by atoms with Gasteiger partial charge in [0.05, 0.1) is 17.3 Å². The lowest BCUT2D eigenvalue weighted by Gasteiger charge is -2.05. The van der Waals surface area contributed by atoms with Crippen molar-refractivity contribution >= 4 is 50.9 Å². The number of nitrogens with one attached hydrogen (secondary N) is 2. The minimum absolute atomic E-state index is 0.216. The van der Waals surface area contributed by atoms with Gasteiger partial charge in [0, 0.05) is 22.3 Å². The Morgan fingerprint density at radius 1 is 1.29 bits per heavy atom. The van der Waals surface area contributed by atoms with E-state index in [1.807, 2.05) is 6.07 Å². The van der Waals surface area contributed by atoms with Gasteiger partial charge in [0.2, 0.25) is 0 Å². The highest BCUT2D eigenvalue weighted by Crippen LogP contribution is 2.25. The summed E-state index contributed by atoms with van der Waals surface area (Å²) in [5, 5.41) is 15.0. The molecule has 3 heterocycles. The summed E-state index contributed by atoms with van der Waals surface area (Å²) < 4.78 is 7.57. The van der Waals surface area contributed by atoms with E-state index < -0.39 is 5.91 Å². The van der Waals surface area contributed by atoms with Crippen molar-refractivity contribution in [1.29, 1.82) is 0 Å². The van der Waals surface area contributed by atoms with Gasteiger partial charge in [-0.15, -0.1) is 0 Å². The van der Waals surface area contributed by atoms with Crippen molar-refractivity contribution in [3.8, 4) is 11.5 Å². The lowest BCUT2D eigenvalue weighted by atomic mass is 10.2. The smallest absolute Gasteiger partial charge is 0.277 e. The number of halogens is 3. The molecule has 28 heavy (non-hydrogen) atoms. The molecule has 0 aliphatic heterocycles. The Kier molecular flexibility index (Phi) is 5.25. The fourth-order valence-corrected chi connectivity index (χ4v) is 3.44. The van der Waals surface area contributed by atoms with Crippen LogP contribution in [0.2, 0.25) is 10.0 Å².